The maximum absolute atomic E-state index is 11.2. The summed E-state index contributed by atoms with van der Waals surface area (Å²) >= 11 is 0. The lowest BCUT2D eigenvalue weighted by atomic mass is 9.79. The lowest BCUT2D eigenvalue weighted by Gasteiger charge is -2.41. The van der Waals surface area contributed by atoms with E-state index in [-0.39, 0.29) is 17.9 Å². The van der Waals surface area contributed by atoms with Gasteiger partial charge in [-0.05, 0) is 47.1 Å². The van der Waals surface area contributed by atoms with Gasteiger partial charge < -0.3 is 9.84 Å². The minimum atomic E-state index is -0.725. The number of hydrogen-bond acceptors (Lipinski definition) is 3. The predicted octanol–water partition coefficient (Wildman–Crippen LogP) is 6.51. The number of piperidine rings is 1. The fourth-order valence-electron chi connectivity index (χ4n) is 5.81. The van der Waals surface area contributed by atoms with E-state index in [0.717, 1.165) is 36.2 Å². The van der Waals surface area contributed by atoms with E-state index in [0.29, 0.717) is 13.2 Å². The summed E-state index contributed by atoms with van der Waals surface area (Å²) in [7, 11) is 0. The molecule has 1 fully saturated rings. The van der Waals surface area contributed by atoms with E-state index in [1.54, 1.807) is 0 Å². The molecule has 0 saturated carbocycles. The molecule has 5 rings (SSSR count). The highest BCUT2D eigenvalue weighted by atomic mass is 16.5. The van der Waals surface area contributed by atoms with Crippen LogP contribution in [-0.2, 0) is 16.9 Å². The van der Waals surface area contributed by atoms with Crippen LogP contribution in [0.25, 0.3) is 0 Å². The van der Waals surface area contributed by atoms with Crippen molar-refractivity contribution in [2.75, 3.05) is 19.7 Å². The quantitative estimate of drug-likeness (QED) is 0.271. The van der Waals surface area contributed by atoms with Crippen molar-refractivity contribution in [1.29, 1.82) is 0 Å². The highest BCUT2D eigenvalue weighted by molar-refractivity contribution is 5.47. The summed E-state index contributed by atoms with van der Waals surface area (Å²) in [6.45, 7) is 5.35. The van der Waals surface area contributed by atoms with Crippen LogP contribution >= 0.6 is 0 Å². The number of aliphatic hydroxyl groups excluding tert-OH is 1. The average molecular weight is 492 g/mol. The molecule has 0 aliphatic carbocycles. The Morgan fingerprint density at radius 2 is 1.22 bits per heavy atom. The first kappa shape index (κ1) is 25.4. The summed E-state index contributed by atoms with van der Waals surface area (Å²) in [6, 6.07) is 42.1. The van der Waals surface area contributed by atoms with Gasteiger partial charge in [0.25, 0.3) is 0 Å². The summed E-state index contributed by atoms with van der Waals surface area (Å²) in [5.74, 6) is 0.413. The van der Waals surface area contributed by atoms with Crippen LogP contribution in [0.5, 0.6) is 0 Å². The fourth-order valence-corrected chi connectivity index (χ4v) is 5.81. The van der Waals surface area contributed by atoms with E-state index in [1.165, 1.54) is 5.56 Å². The van der Waals surface area contributed by atoms with E-state index in [2.05, 4.69) is 109 Å². The fraction of sp³-hybridized carbons (Fsp3) is 0.294. The van der Waals surface area contributed by atoms with E-state index >= 15 is 0 Å². The molecule has 1 saturated heterocycles. The number of ether oxygens (including phenoxy) is 1. The highest BCUT2D eigenvalue weighted by Crippen LogP contribution is 2.41. The Kier molecular flexibility index (Phi) is 8.15. The van der Waals surface area contributed by atoms with Gasteiger partial charge in [-0.3, -0.25) is 4.90 Å². The predicted molar refractivity (Wildman–Crippen MR) is 150 cm³/mol. The van der Waals surface area contributed by atoms with Gasteiger partial charge >= 0.3 is 0 Å². The standard InChI is InChI=1S/C34H37NO2/c1-27(32-22-23-35(25-33(32)36)24-28-14-6-2-7-15-28)26-37-34(29-16-8-3-9-17-29,30-18-10-4-11-19-30)31-20-12-5-13-21-31/h2-21,27,32-33,36H,22-26H2,1H3. The number of nitrogens with zero attached hydrogens (tertiary/aromatic N) is 1. The first-order chi connectivity index (χ1) is 18.2. The number of benzene rings is 4. The number of β-amino-alcohol motifs (C(OH)–C–C–N with tert-alkyl or cyclic N) is 1. The Bertz CT molecular complexity index is 1120. The van der Waals surface area contributed by atoms with Crippen LogP contribution in [0.2, 0.25) is 0 Å². The molecule has 3 heteroatoms. The van der Waals surface area contributed by atoms with E-state index in [4.69, 9.17) is 4.74 Å². The van der Waals surface area contributed by atoms with Gasteiger partial charge in [0.1, 0.15) is 5.60 Å². The SMILES string of the molecule is CC(COC(c1ccccc1)(c1ccccc1)c1ccccc1)C1CCN(Cc2ccccc2)CC1O. The second-order valence-corrected chi connectivity index (χ2v) is 10.3. The molecule has 0 bridgehead atoms. The summed E-state index contributed by atoms with van der Waals surface area (Å²) in [5.41, 5.74) is 3.90. The Balaban J connectivity index is 1.37. The van der Waals surface area contributed by atoms with Gasteiger partial charge in [-0.2, -0.15) is 0 Å². The van der Waals surface area contributed by atoms with Gasteiger partial charge in [-0.25, -0.2) is 0 Å². The molecule has 0 aromatic heterocycles. The van der Waals surface area contributed by atoms with Crippen molar-refractivity contribution in [3.63, 3.8) is 0 Å². The Hall–Kier alpha value is -3.24. The van der Waals surface area contributed by atoms with Crippen LogP contribution in [0, 0.1) is 11.8 Å². The van der Waals surface area contributed by atoms with Crippen molar-refractivity contribution < 1.29 is 9.84 Å². The third-order valence-corrected chi connectivity index (χ3v) is 7.80. The molecule has 4 aromatic rings. The lowest BCUT2D eigenvalue weighted by molar-refractivity contribution is -0.0549. The van der Waals surface area contributed by atoms with Crippen LogP contribution < -0.4 is 0 Å². The first-order valence-corrected chi connectivity index (χ1v) is 13.4. The van der Waals surface area contributed by atoms with Gasteiger partial charge in [0.15, 0.2) is 0 Å². The maximum Gasteiger partial charge on any atom is 0.143 e. The molecule has 0 radical (unpaired) electrons. The van der Waals surface area contributed by atoms with Crippen LogP contribution in [0.1, 0.15) is 35.6 Å². The summed E-state index contributed by atoms with van der Waals surface area (Å²) < 4.78 is 7.05. The number of likely N-dealkylation sites (tertiary alicyclic amines) is 1. The minimum Gasteiger partial charge on any atom is -0.391 e. The lowest BCUT2D eigenvalue weighted by Crippen LogP contribution is -2.46. The van der Waals surface area contributed by atoms with Crippen molar-refractivity contribution in [1.82, 2.24) is 4.90 Å². The molecular formula is C34H37NO2. The largest absolute Gasteiger partial charge is 0.391 e. The molecule has 3 atom stereocenters. The zero-order valence-corrected chi connectivity index (χ0v) is 21.6. The minimum absolute atomic E-state index is 0.201. The Morgan fingerprint density at radius 3 is 1.68 bits per heavy atom. The van der Waals surface area contributed by atoms with E-state index in [9.17, 15) is 5.11 Å². The molecule has 1 aliphatic rings. The average Bonchev–Trinajstić information content (AvgIpc) is 2.96. The second kappa shape index (κ2) is 11.9. The van der Waals surface area contributed by atoms with Crippen LogP contribution in [0.15, 0.2) is 121 Å². The molecule has 190 valence electrons. The van der Waals surface area contributed by atoms with Crippen molar-refractivity contribution >= 4 is 0 Å². The molecule has 37 heavy (non-hydrogen) atoms. The van der Waals surface area contributed by atoms with Gasteiger partial charge in [0.2, 0.25) is 0 Å². The molecule has 1 aliphatic heterocycles. The molecule has 3 nitrogen and oxygen atoms in total. The zero-order chi connectivity index (χ0) is 25.5. The molecule has 0 spiro atoms. The third-order valence-electron chi connectivity index (χ3n) is 7.80. The van der Waals surface area contributed by atoms with E-state index < -0.39 is 5.60 Å². The topological polar surface area (TPSA) is 32.7 Å². The normalized spacial score (nSPS) is 19.4. The molecular weight excluding hydrogens is 454 g/mol. The smallest absolute Gasteiger partial charge is 0.143 e. The van der Waals surface area contributed by atoms with Crippen molar-refractivity contribution in [3.8, 4) is 0 Å². The van der Waals surface area contributed by atoms with Crippen LogP contribution in [0.3, 0.4) is 0 Å². The van der Waals surface area contributed by atoms with Crippen molar-refractivity contribution in [2.45, 2.75) is 31.6 Å². The number of hydrogen-bond donors (Lipinski definition) is 1. The Labute approximate surface area is 221 Å². The zero-order valence-electron chi connectivity index (χ0n) is 21.6. The molecule has 4 aromatic carbocycles. The van der Waals surface area contributed by atoms with Gasteiger partial charge in [-0.1, -0.05) is 128 Å². The number of aliphatic hydroxyl groups is 1. The highest BCUT2D eigenvalue weighted by Gasteiger charge is 2.39. The summed E-state index contributed by atoms with van der Waals surface area (Å²) in [5, 5.41) is 11.2. The molecule has 1 N–H and O–H groups in total. The summed E-state index contributed by atoms with van der Waals surface area (Å²) in [6.07, 6.45) is 0.601. The monoisotopic (exact) mass is 491 g/mol. The molecule has 1 heterocycles. The van der Waals surface area contributed by atoms with Crippen LogP contribution in [0.4, 0.5) is 0 Å². The van der Waals surface area contributed by atoms with Gasteiger partial charge in [0, 0.05) is 13.1 Å². The first-order valence-electron chi connectivity index (χ1n) is 13.4. The van der Waals surface area contributed by atoms with Crippen molar-refractivity contribution in [2.24, 2.45) is 11.8 Å². The maximum atomic E-state index is 11.2. The summed E-state index contributed by atoms with van der Waals surface area (Å²) in [4.78, 5) is 2.37. The van der Waals surface area contributed by atoms with Gasteiger partial charge in [-0.15, -0.1) is 0 Å². The Morgan fingerprint density at radius 1 is 0.757 bits per heavy atom. The third kappa shape index (κ3) is 5.70. The molecule has 3 unspecified atom stereocenters. The van der Waals surface area contributed by atoms with Crippen molar-refractivity contribution in [3.05, 3.63) is 144 Å². The van der Waals surface area contributed by atoms with Gasteiger partial charge in [0.05, 0.1) is 12.7 Å². The van der Waals surface area contributed by atoms with E-state index in [1.807, 2.05) is 24.3 Å². The van der Waals surface area contributed by atoms with Crippen LogP contribution in [-0.4, -0.2) is 35.8 Å². The molecule has 0 amide bonds. The second-order valence-electron chi connectivity index (χ2n) is 10.3. The number of rotatable bonds is 9.